The molecule has 4 rings (SSSR count). The number of aliphatic hydroxyl groups is 1. The van der Waals surface area contributed by atoms with Crippen LogP contribution in [0.3, 0.4) is 0 Å². The van der Waals surface area contributed by atoms with Gasteiger partial charge in [-0.25, -0.2) is 0 Å². The van der Waals surface area contributed by atoms with Crippen LogP contribution in [0, 0.1) is 5.92 Å². The third-order valence-corrected chi connectivity index (χ3v) is 5.79. The van der Waals surface area contributed by atoms with Crippen molar-refractivity contribution in [2.24, 2.45) is 5.92 Å². The smallest absolute Gasteiger partial charge is 0.300 e. The number of aromatic nitrogens is 1. The fourth-order valence-electron chi connectivity index (χ4n) is 3.71. The van der Waals surface area contributed by atoms with Gasteiger partial charge < -0.3 is 9.84 Å². The predicted octanol–water partition coefficient (Wildman–Crippen LogP) is 5.51. The molecule has 1 saturated heterocycles. The van der Waals surface area contributed by atoms with Crippen LogP contribution < -0.4 is 9.64 Å². The quantitative estimate of drug-likeness (QED) is 0.271. The molecule has 1 atom stereocenters. The summed E-state index contributed by atoms with van der Waals surface area (Å²) < 4.78 is 6.62. The SMILES string of the molecule is CC(C)COc1cccc(/C(O)=C2/C(=O)C(=O)N(c3ccc(Br)cc3)C2c2ccncc2)c1. The number of ether oxygens (including phenoxy) is 1. The molecule has 6 nitrogen and oxygen atoms in total. The molecule has 168 valence electrons. The van der Waals surface area contributed by atoms with Crippen molar-refractivity contribution in [3.05, 3.63) is 94.2 Å². The summed E-state index contributed by atoms with van der Waals surface area (Å²) in [5.74, 6) is -0.774. The lowest BCUT2D eigenvalue weighted by molar-refractivity contribution is -0.132. The maximum absolute atomic E-state index is 13.2. The van der Waals surface area contributed by atoms with Crippen LogP contribution in [-0.2, 0) is 9.59 Å². The topological polar surface area (TPSA) is 79.7 Å². The molecule has 1 fully saturated rings. The minimum atomic E-state index is -0.797. The van der Waals surface area contributed by atoms with E-state index < -0.39 is 17.7 Å². The van der Waals surface area contributed by atoms with Gasteiger partial charge in [-0.15, -0.1) is 0 Å². The van der Waals surface area contributed by atoms with Crippen LogP contribution in [0.4, 0.5) is 5.69 Å². The zero-order valence-corrected chi connectivity index (χ0v) is 19.8. The standard InChI is InChI=1S/C26H23BrN2O4/c1-16(2)15-33-21-5-3-4-18(14-21)24(30)22-23(17-10-12-28-13-11-17)29(26(32)25(22)31)20-8-6-19(27)7-9-20/h3-14,16,23,30H,15H2,1-2H3/b24-22-. The highest BCUT2D eigenvalue weighted by molar-refractivity contribution is 9.10. The molecule has 0 bridgehead atoms. The van der Waals surface area contributed by atoms with E-state index in [1.807, 2.05) is 13.8 Å². The predicted molar refractivity (Wildman–Crippen MR) is 130 cm³/mol. The van der Waals surface area contributed by atoms with Crippen LogP contribution in [0.25, 0.3) is 5.76 Å². The summed E-state index contributed by atoms with van der Waals surface area (Å²) >= 11 is 3.40. The molecule has 0 saturated carbocycles. The number of amides is 1. The van der Waals surface area contributed by atoms with Gasteiger partial charge in [0.25, 0.3) is 11.7 Å². The van der Waals surface area contributed by atoms with E-state index in [1.165, 1.54) is 4.90 Å². The summed E-state index contributed by atoms with van der Waals surface area (Å²) in [7, 11) is 0. The maximum atomic E-state index is 13.2. The van der Waals surface area contributed by atoms with Gasteiger partial charge in [0, 0.05) is 28.1 Å². The molecule has 3 aromatic rings. The van der Waals surface area contributed by atoms with Gasteiger partial charge >= 0.3 is 0 Å². The van der Waals surface area contributed by atoms with Crippen molar-refractivity contribution in [2.45, 2.75) is 19.9 Å². The average Bonchev–Trinajstić information content (AvgIpc) is 3.09. The van der Waals surface area contributed by atoms with Gasteiger partial charge in [-0.05, 0) is 60.0 Å². The summed E-state index contributed by atoms with van der Waals surface area (Å²) in [6, 6.07) is 16.7. The van der Waals surface area contributed by atoms with Gasteiger partial charge in [-0.1, -0.05) is 41.9 Å². The Balaban J connectivity index is 1.84. The molecule has 2 aromatic carbocycles. The van der Waals surface area contributed by atoms with Gasteiger partial charge in [-0.3, -0.25) is 19.5 Å². The van der Waals surface area contributed by atoms with E-state index >= 15 is 0 Å². The number of carbonyl (C=O) groups is 2. The molecule has 1 N–H and O–H groups in total. The molecule has 1 amide bonds. The lowest BCUT2D eigenvalue weighted by Crippen LogP contribution is -2.29. The summed E-state index contributed by atoms with van der Waals surface area (Å²) in [6.07, 6.45) is 3.19. The Kier molecular flexibility index (Phi) is 6.60. The van der Waals surface area contributed by atoms with Crippen molar-refractivity contribution in [1.82, 2.24) is 4.98 Å². The van der Waals surface area contributed by atoms with Gasteiger partial charge in [0.05, 0.1) is 18.2 Å². The first-order valence-corrected chi connectivity index (χ1v) is 11.4. The number of nitrogens with zero attached hydrogens (tertiary/aromatic N) is 2. The van der Waals surface area contributed by atoms with Crippen molar-refractivity contribution >= 4 is 39.1 Å². The first-order valence-electron chi connectivity index (χ1n) is 10.6. The van der Waals surface area contributed by atoms with Crippen LogP contribution >= 0.6 is 15.9 Å². The van der Waals surface area contributed by atoms with E-state index in [2.05, 4.69) is 20.9 Å². The van der Waals surface area contributed by atoms with Gasteiger partial charge in [0.1, 0.15) is 11.5 Å². The lowest BCUT2D eigenvalue weighted by Gasteiger charge is -2.25. The summed E-state index contributed by atoms with van der Waals surface area (Å²) in [6.45, 7) is 4.61. The van der Waals surface area contributed by atoms with Crippen molar-refractivity contribution in [3.8, 4) is 5.75 Å². The highest BCUT2D eigenvalue weighted by Crippen LogP contribution is 2.42. The zero-order valence-electron chi connectivity index (χ0n) is 18.2. The number of Topliss-reactive ketones (excluding diaryl/α,β-unsaturated/α-hetero) is 1. The maximum Gasteiger partial charge on any atom is 0.300 e. The lowest BCUT2D eigenvalue weighted by atomic mass is 9.95. The van der Waals surface area contributed by atoms with E-state index in [0.717, 1.165) is 4.47 Å². The van der Waals surface area contributed by atoms with Crippen LogP contribution in [0.5, 0.6) is 5.75 Å². The van der Waals surface area contributed by atoms with Crippen LogP contribution in [0.1, 0.15) is 31.0 Å². The van der Waals surface area contributed by atoms with E-state index in [4.69, 9.17) is 4.74 Å². The molecule has 7 heteroatoms. The molecule has 0 radical (unpaired) electrons. The number of benzene rings is 2. The largest absolute Gasteiger partial charge is 0.507 e. The molecule has 0 aliphatic carbocycles. The first-order chi connectivity index (χ1) is 15.9. The van der Waals surface area contributed by atoms with Crippen molar-refractivity contribution in [2.75, 3.05) is 11.5 Å². The summed E-state index contributed by atoms with van der Waals surface area (Å²) in [4.78, 5) is 31.8. The molecule has 1 aliphatic rings. The monoisotopic (exact) mass is 506 g/mol. The molecule has 0 spiro atoms. The van der Waals surface area contributed by atoms with Gasteiger partial charge in [-0.2, -0.15) is 0 Å². The minimum absolute atomic E-state index is 0.0233. The number of halogens is 1. The van der Waals surface area contributed by atoms with E-state index in [0.29, 0.717) is 35.1 Å². The Labute approximate surface area is 200 Å². The number of rotatable bonds is 6. The summed E-state index contributed by atoms with van der Waals surface area (Å²) in [5.41, 5.74) is 1.65. The van der Waals surface area contributed by atoms with Crippen LogP contribution in [-0.4, -0.2) is 28.4 Å². The second-order valence-corrected chi connectivity index (χ2v) is 9.07. The second-order valence-electron chi connectivity index (χ2n) is 8.16. The molecular formula is C26H23BrN2O4. The number of carbonyl (C=O) groups excluding carboxylic acids is 2. The van der Waals surface area contributed by atoms with Crippen molar-refractivity contribution < 1.29 is 19.4 Å². The molecule has 1 aliphatic heterocycles. The average molecular weight is 507 g/mol. The normalized spacial score (nSPS) is 17.6. The highest BCUT2D eigenvalue weighted by Gasteiger charge is 2.46. The van der Waals surface area contributed by atoms with Crippen molar-refractivity contribution in [3.63, 3.8) is 0 Å². The Bertz CT molecular complexity index is 1210. The van der Waals surface area contributed by atoms with Gasteiger partial charge in [0.15, 0.2) is 0 Å². The van der Waals surface area contributed by atoms with E-state index in [1.54, 1.807) is 73.1 Å². The minimum Gasteiger partial charge on any atom is -0.507 e. The summed E-state index contributed by atoms with van der Waals surface area (Å²) in [5, 5.41) is 11.3. The molecule has 1 aromatic heterocycles. The van der Waals surface area contributed by atoms with E-state index in [-0.39, 0.29) is 11.3 Å². The second kappa shape index (κ2) is 9.58. The fraction of sp³-hybridized carbons (Fsp3) is 0.192. The van der Waals surface area contributed by atoms with Gasteiger partial charge in [0.2, 0.25) is 0 Å². The molecule has 33 heavy (non-hydrogen) atoms. The van der Waals surface area contributed by atoms with Crippen LogP contribution in [0.2, 0.25) is 0 Å². The molecular weight excluding hydrogens is 484 g/mol. The number of pyridine rings is 1. The number of hydrogen-bond acceptors (Lipinski definition) is 5. The third-order valence-electron chi connectivity index (χ3n) is 5.26. The Morgan fingerprint density at radius 3 is 2.45 bits per heavy atom. The first kappa shape index (κ1) is 22.7. The number of hydrogen-bond donors (Lipinski definition) is 1. The fourth-order valence-corrected chi connectivity index (χ4v) is 3.98. The number of aliphatic hydroxyl groups excluding tert-OH is 1. The molecule has 2 heterocycles. The zero-order chi connectivity index (χ0) is 23.5. The number of anilines is 1. The molecule has 1 unspecified atom stereocenters. The highest BCUT2D eigenvalue weighted by atomic mass is 79.9. The number of ketones is 1. The third kappa shape index (κ3) is 4.68. The van der Waals surface area contributed by atoms with E-state index in [9.17, 15) is 14.7 Å². The Morgan fingerprint density at radius 1 is 1.09 bits per heavy atom. The Hall–Kier alpha value is -3.45. The van der Waals surface area contributed by atoms with Crippen LogP contribution in [0.15, 0.2) is 83.1 Å². The van der Waals surface area contributed by atoms with Crippen molar-refractivity contribution in [1.29, 1.82) is 0 Å². The Morgan fingerprint density at radius 2 is 1.79 bits per heavy atom.